The van der Waals surface area contributed by atoms with Gasteiger partial charge in [-0.15, -0.1) is 0 Å². The minimum absolute atomic E-state index is 0.0666. The number of hydrogen-bond donors (Lipinski definition) is 2. The van der Waals surface area contributed by atoms with Crippen molar-refractivity contribution in [3.8, 4) is 0 Å². The topological polar surface area (TPSA) is 73.6 Å². The van der Waals surface area contributed by atoms with Crippen LogP contribution in [0, 0.1) is 0 Å². The molecule has 1 amide bonds. The van der Waals surface area contributed by atoms with Crippen LogP contribution >= 0.6 is 0 Å². The second-order valence-corrected chi connectivity index (χ2v) is 4.34. The summed E-state index contributed by atoms with van der Waals surface area (Å²) in [7, 11) is 0. The second kappa shape index (κ2) is 6.37. The van der Waals surface area contributed by atoms with E-state index < -0.39 is 6.09 Å². The van der Waals surface area contributed by atoms with E-state index in [-0.39, 0.29) is 18.7 Å². The molecule has 0 aromatic heterocycles. The number of carbonyl (C=O) groups is 1. The van der Waals surface area contributed by atoms with E-state index in [1.54, 1.807) is 0 Å². The molecule has 0 saturated carbocycles. The van der Waals surface area contributed by atoms with Crippen molar-refractivity contribution < 1.29 is 14.3 Å². The smallest absolute Gasteiger partial charge is 0.407 e. The number of nitrogens with one attached hydrogen (secondary N) is 1. The lowest BCUT2D eigenvalue weighted by atomic mass is 10.1. The van der Waals surface area contributed by atoms with E-state index in [0.717, 1.165) is 12.0 Å². The quantitative estimate of drug-likeness (QED) is 0.840. The Kier molecular flexibility index (Phi) is 4.55. The molecule has 5 nitrogen and oxygen atoms in total. The van der Waals surface area contributed by atoms with Crippen LogP contribution in [0.4, 0.5) is 4.79 Å². The molecule has 0 unspecified atom stereocenters. The highest BCUT2D eigenvalue weighted by atomic mass is 16.5. The van der Waals surface area contributed by atoms with Gasteiger partial charge in [-0.1, -0.05) is 30.3 Å². The Labute approximate surface area is 106 Å². The van der Waals surface area contributed by atoms with Crippen molar-refractivity contribution in [2.75, 3.05) is 13.2 Å². The number of rotatable bonds is 3. The third kappa shape index (κ3) is 3.72. The van der Waals surface area contributed by atoms with Gasteiger partial charge >= 0.3 is 6.09 Å². The van der Waals surface area contributed by atoms with Gasteiger partial charge in [0, 0.05) is 12.6 Å². The predicted molar refractivity (Wildman–Crippen MR) is 67.0 cm³/mol. The zero-order valence-electron chi connectivity index (χ0n) is 10.2. The first-order chi connectivity index (χ1) is 8.75. The molecule has 1 heterocycles. The summed E-state index contributed by atoms with van der Waals surface area (Å²) in [4.78, 5) is 11.6. The average molecular weight is 250 g/mol. The zero-order chi connectivity index (χ0) is 12.8. The first-order valence-corrected chi connectivity index (χ1v) is 6.06. The monoisotopic (exact) mass is 250 g/mol. The molecule has 5 heteroatoms. The lowest BCUT2D eigenvalue weighted by molar-refractivity contribution is 0.0537. The van der Waals surface area contributed by atoms with Gasteiger partial charge in [0.05, 0.1) is 12.6 Å². The highest BCUT2D eigenvalue weighted by molar-refractivity contribution is 5.67. The van der Waals surface area contributed by atoms with Gasteiger partial charge in [0.2, 0.25) is 0 Å². The third-order valence-electron chi connectivity index (χ3n) is 2.93. The van der Waals surface area contributed by atoms with Crippen LogP contribution in [0.3, 0.4) is 0 Å². The number of alkyl carbamates (subject to hydrolysis) is 1. The van der Waals surface area contributed by atoms with Crippen molar-refractivity contribution in [2.24, 2.45) is 5.73 Å². The summed E-state index contributed by atoms with van der Waals surface area (Å²) in [5.74, 6) is 0. The van der Waals surface area contributed by atoms with Crippen LogP contribution in [0.25, 0.3) is 0 Å². The molecule has 1 fully saturated rings. The fourth-order valence-electron chi connectivity index (χ4n) is 1.82. The summed E-state index contributed by atoms with van der Waals surface area (Å²) in [6.45, 7) is 1.36. The summed E-state index contributed by atoms with van der Waals surface area (Å²) in [5, 5.41) is 2.73. The Morgan fingerprint density at radius 3 is 2.94 bits per heavy atom. The van der Waals surface area contributed by atoms with Gasteiger partial charge in [0.1, 0.15) is 6.61 Å². The summed E-state index contributed by atoms with van der Waals surface area (Å²) in [6, 6.07) is 9.31. The number of benzene rings is 1. The lowest BCUT2D eigenvalue weighted by Gasteiger charge is -2.28. The van der Waals surface area contributed by atoms with Gasteiger partial charge in [-0.3, -0.25) is 0 Å². The molecule has 0 radical (unpaired) electrons. The van der Waals surface area contributed by atoms with E-state index in [1.807, 2.05) is 30.3 Å². The number of ether oxygens (including phenoxy) is 2. The molecule has 0 bridgehead atoms. The van der Waals surface area contributed by atoms with Crippen LogP contribution in [0.1, 0.15) is 12.0 Å². The van der Waals surface area contributed by atoms with E-state index in [2.05, 4.69) is 5.32 Å². The second-order valence-electron chi connectivity index (χ2n) is 4.34. The predicted octanol–water partition coefficient (Wildman–Crippen LogP) is 1.03. The fraction of sp³-hybridized carbons (Fsp3) is 0.462. The zero-order valence-corrected chi connectivity index (χ0v) is 10.2. The number of hydrogen-bond acceptors (Lipinski definition) is 4. The van der Waals surface area contributed by atoms with Crippen molar-refractivity contribution in [1.29, 1.82) is 0 Å². The Morgan fingerprint density at radius 2 is 2.22 bits per heavy atom. The largest absolute Gasteiger partial charge is 0.445 e. The van der Waals surface area contributed by atoms with Crippen molar-refractivity contribution in [2.45, 2.75) is 25.1 Å². The molecule has 98 valence electrons. The minimum Gasteiger partial charge on any atom is -0.445 e. The Morgan fingerprint density at radius 1 is 1.44 bits per heavy atom. The molecule has 2 atom stereocenters. The van der Waals surface area contributed by atoms with Crippen molar-refractivity contribution in [3.05, 3.63) is 35.9 Å². The number of nitrogens with two attached hydrogens (primary N) is 1. The van der Waals surface area contributed by atoms with Gasteiger partial charge in [0.25, 0.3) is 0 Å². The van der Waals surface area contributed by atoms with Crippen LogP contribution < -0.4 is 11.1 Å². The molecule has 1 aromatic carbocycles. The third-order valence-corrected chi connectivity index (χ3v) is 2.93. The van der Waals surface area contributed by atoms with Crippen molar-refractivity contribution in [3.63, 3.8) is 0 Å². The maximum Gasteiger partial charge on any atom is 0.407 e. The van der Waals surface area contributed by atoms with Crippen LogP contribution in [0.2, 0.25) is 0 Å². The van der Waals surface area contributed by atoms with Crippen molar-refractivity contribution in [1.82, 2.24) is 5.32 Å². The van der Waals surface area contributed by atoms with E-state index >= 15 is 0 Å². The summed E-state index contributed by atoms with van der Waals surface area (Å²) < 4.78 is 10.4. The van der Waals surface area contributed by atoms with E-state index in [9.17, 15) is 4.79 Å². The van der Waals surface area contributed by atoms with Gasteiger partial charge in [-0.05, 0) is 12.0 Å². The van der Waals surface area contributed by atoms with Gasteiger partial charge in [0.15, 0.2) is 0 Å². The van der Waals surface area contributed by atoms with Crippen LogP contribution in [-0.4, -0.2) is 31.4 Å². The molecule has 0 aliphatic carbocycles. The molecule has 18 heavy (non-hydrogen) atoms. The molecule has 1 aliphatic rings. The Balaban J connectivity index is 1.75. The number of amides is 1. The minimum atomic E-state index is -0.454. The van der Waals surface area contributed by atoms with Crippen LogP contribution in [-0.2, 0) is 16.1 Å². The van der Waals surface area contributed by atoms with E-state index in [4.69, 9.17) is 15.2 Å². The summed E-state index contributed by atoms with van der Waals surface area (Å²) in [6.07, 6.45) is 0.300. The molecule has 1 aliphatic heterocycles. The molecular formula is C13H18N2O3. The van der Waals surface area contributed by atoms with E-state index in [0.29, 0.717) is 13.2 Å². The molecule has 3 N–H and O–H groups in total. The molecule has 1 aromatic rings. The summed E-state index contributed by atoms with van der Waals surface area (Å²) >= 11 is 0. The normalized spacial score (nSPS) is 23.4. The van der Waals surface area contributed by atoms with Crippen LogP contribution in [0.15, 0.2) is 30.3 Å². The fourth-order valence-corrected chi connectivity index (χ4v) is 1.82. The molecular weight excluding hydrogens is 232 g/mol. The lowest BCUT2D eigenvalue weighted by Crippen LogP contribution is -2.53. The number of carbonyl (C=O) groups excluding carboxylic acids is 1. The Hall–Kier alpha value is -1.59. The van der Waals surface area contributed by atoms with Crippen molar-refractivity contribution >= 4 is 6.09 Å². The highest BCUT2D eigenvalue weighted by Crippen LogP contribution is 2.06. The van der Waals surface area contributed by atoms with Gasteiger partial charge in [-0.25, -0.2) is 4.79 Å². The highest BCUT2D eigenvalue weighted by Gasteiger charge is 2.24. The van der Waals surface area contributed by atoms with Gasteiger partial charge < -0.3 is 20.5 Å². The molecule has 0 spiro atoms. The Bertz CT molecular complexity index is 383. The van der Waals surface area contributed by atoms with Gasteiger partial charge in [-0.2, -0.15) is 0 Å². The summed E-state index contributed by atoms with van der Waals surface area (Å²) in [5.41, 5.74) is 6.84. The SMILES string of the molecule is N[C@H]1CCOC[C@H]1NC(=O)OCc1ccccc1. The first kappa shape index (κ1) is 12.9. The maximum atomic E-state index is 11.6. The first-order valence-electron chi connectivity index (χ1n) is 6.06. The molecule has 1 saturated heterocycles. The standard InChI is InChI=1S/C13H18N2O3/c14-11-6-7-17-9-12(11)15-13(16)18-8-10-4-2-1-3-5-10/h1-5,11-12H,6-9,14H2,(H,15,16)/t11-,12+/m0/s1. The maximum absolute atomic E-state index is 11.6. The molecule has 2 rings (SSSR count). The van der Waals surface area contributed by atoms with Crippen LogP contribution in [0.5, 0.6) is 0 Å². The van der Waals surface area contributed by atoms with E-state index in [1.165, 1.54) is 0 Å². The average Bonchev–Trinajstić information content (AvgIpc) is 2.40.